The fourth-order valence-corrected chi connectivity index (χ4v) is 4.81. The van der Waals surface area contributed by atoms with Gasteiger partial charge in [0.1, 0.15) is 0 Å². The van der Waals surface area contributed by atoms with Crippen molar-refractivity contribution in [2.45, 2.75) is 19.3 Å². The number of sulfonamides is 1. The molecule has 4 rings (SSSR count). The van der Waals surface area contributed by atoms with Crippen LogP contribution < -0.4 is 9.62 Å². The lowest BCUT2D eigenvalue weighted by molar-refractivity contribution is 0.0985. The molecule has 30 heavy (non-hydrogen) atoms. The molecule has 0 radical (unpaired) electrons. The number of nitrogens with zero attached hydrogens (tertiary/aromatic N) is 1. The first-order chi connectivity index (χ1) is 14.5. The molecule has 1 aliphatic heterocycles. The number of hydrogen-bond acceptors (Lipinski definition) is 3. The van der Waals surface area contributed by atoms with Crippen LogP contribution in [0.1, 0.15) is 27.9 Å². The SMILES string of the molecule is O=C(c1ccccc1)N1CCCc2ccc(NS(=O)(=O)CCc3ccccc3)cc21. The van der Waals surface area contributed by atoms with Gasteiger partial charge in [-0.1, -0.05) is 54.6 Å². The fraction of sp³-hybridized carbons (Fsp3) is 0.208. The van der Waals surface area contributed by atoms with Crippen molar-refractivity contribution in [1.29, 1.82) is 0 Å². The van der Waals surface area contributed by atoms with Gasteiger partial charge in [0.15, 0.2) is 0 Å². The first kappa shape index (κ1) is 20.2. The molecule has 1 heterocycles. The summed E-state index contributed by atoms with van der Waals surface area (Å²) in [5.41, 5.74) is 3.91. The summed E-state index contributed by atoms with van der Waals surface area (Å²) in [7, 11) is -3.50. The topological polar surface area (TPSA) is 66.5 Å². The lowest BCUT2D eigenvalue weighted by Gasteiger charge is -2.30. The van der Waals surface area contributed by atoms with Crippen molar-refractivity contribution in [2.75, 3.05) is 21.9 Å². The van der Waals surface area contributed by atoms with E-state index < -0.39 is 10.0 Å². The first-order valence-corrected chi connectivity index (χ1v) is 11.7. The highest BCUT2D eigenvalue weighted by molar-refractivity contribution is 7.92. The Hall–Kier alpha value is -3.12. The van der Waals surface area contributed by atoms with Crippen LogP contribution in [0.25, 0.3) is 0 Å². The second kappa shape index (κ2) is 8.71. The number of amides is 1. The molecule has 5 nitrogen and oxygen atoms in total. The molecule has 154 valence electrons. The van der Waals surface area contributed by atoms with Crippen molar-refractivity contribution in [3.05, 3.63) is 95.6 Å². The van der Waals surface area contributed by atoms with Crippen molar-refractivity contribution in [2.24, 2.45) is 0 Å². The quantitative estimate of drug-likeness (QED) is 0.648. The van der Waals surface area contributed by atoms with Crippen molar-refractivity contribution in [3.8, 4) is 0 Å². The van der Waals surface area contributed by atoms with Crippen LogP contribution in [0, 0.1) is 0 Å². The van der Waals surface area contributed by atoms with E-state index in [-0.39, 0.29) is 11.7 Å². The number of rotatable bonds is 6. The zero-order chi connectivity index (χ0) is 21.0. The minimum atomic E-state index is -3.50. The van der Waals surface area contributed by atoms with Gasteiger partial charge in [0.2, 0.25) is 10.0 Å². The van der Waals surface area contributed by atoms with Gasteiger partial charge in [0.25, 0.3) is 5.91 Å². The Morgan fingerprint density at radius 2 is 1.63 bits per heavy atom. The van der Waals surface area contributed by atoms with E-state index in [1.54, 1.807) is 29.2 Å². The number of aryl methyl sites for hydroxylation is 2. The number of benzene rings is 3. The van der Waals surface area contributed by atoms with Gasteiger partial charge in [-0.05, 0) is 54.7 Å². The predicted molar refractivity (Wildman–Crippen MR) is 120 cm³/mol. The maximum absolute atomic E-state index is 13.0. The molecule has 1 N–H and O–H groups in total. The molecular weight excluding hydrogens is 396 g/mol. The van der Waals surface area contributed by atoms with Gasteiger partial charge < -0.3 is 4.90 Å². The molecule has 6 heteroatoms. The Balaban J connectivity index is 1.53. The third-order valence-corrected chi connectivity index (χ3v) is 6.53. The van der Waals surface area contributed by atoms with Gasteiger partial charge in [-0.15, -0.1) is 0 Å². The van der Waals surface area contributed by atoms with Crippen molar-refractivity contribution in [1.82, 2.24) is 0 Å². The smallest absolute Gasteiger partial charge is 0.258 e. The summed E-state index contributed by atoms with van der Waals surface area (Å²) in [4.78, 5) is 14.8. The zero-order valence-electron chi connectivity index (χ0n) is 16.6. The van der Waals surface area contributed by atoms with Crippen LogP contribution in [0.5, 0.6) is 0 Å². The summed E-state index contributed by atoms with van der Waals surface area (Å²) in [6, 6.07) is 24.2. The van der Waals surface area contributed by atoms with E-state index in [4.69, 9.17) is 0 Å². The van der Waals surface area contributed by atoms with Crippen molar-refractivity contribution >= 4 is 27.3 Å². The summed E-state index contributed by atoms with van der Waals surface area (Å²) in [5.74, 6) is -0.0681. The molecule has 0 bridgehead atoms. The van der Waals surface area contributed by atoms with E-state index >= 15 is 0 Å². The van der Waals surface area contributed by atoms with E-state index in [1.807, 2.05) is 54.6 Å². The minimum absolute atomic E-state index is 0.000752. The molecule has 1 aliphatic rings. The maximum atomic E-state index is 13.0. The van der Waals surface area contributed by atoms with E-state index in [2.05, 4.69) is 4.72 Å². The molecule has 0 fully saturated rings. The molecule has 3 aromatic carbocycles. The second-order valence-electron chi connectivity index (χ2n) is 7.43. The maximum Gasteiger partial charge on any atom is 0.258 e. The van der Waals surface area contributed by atoms with Crippen LogP contribution in [0.15, 0.2) is 78.9 Å². The average molecular weight is 421 g/mol. The summed E-state index contributed by atoms with van der Waals surface area (Å²) >= 11 is 0. The number of nitrogens with one attached hydrogen (secondary N) is 1. The lowest BCUT2D eigenvalue weighted by atomic mass is 10.00. The largest absolute Gasteiger partial charge is 0.308 e. The Morgan fingerprint density at radius 1 is 0.933 bits per heavy atom. The second-order valence-corrected chi connectivity index (χ2v) is 9.27. The van der Waals surface area contributed by atoms with Gasteiger partial charge in [0, 0.05) is 17.8 Å². The lowest BCUT2D eigenvalue weighted by Crippen LogP contribution is -2.35. The molecular formula is C24H24N2O3S. The van der Waals surface area contributed by atoms with Crippen molar-refractivity contribution < 1.29 is 13.2 Å². The Bertz CT molecular complexity index is 1130. The third kappa shape index (κ3) is 4.71. The minimum Gasteiger partial charge on any atom is -0.308 e. The molecule has 0 saturated carbocycles. The van der Waals surface area contributed by atoms with Crippen LogP contribution in [-0.2, 0) is 22.9 Å². The summed E-state index contributed by atoms with van der Waals surface area (Å²) in [6.07, 6.45) is 2.20. The molecule has 0 saturated heterocycles. The molecule has 1 amide bonds. The molecule has 0 aromatic heterocycles. The van der Waals surface area contributed by atoms with Gasteiger partial charge in [0.05, 0.1) is 11.4 Å². The van der Waals surface area contributed by atoms with Crippen LogP contribution >= 0.6 is 0 Å². The third-order valence-electron chi connectivity index (χ3n) is 5.25. The standard InChI is InChI=1S/C24H24N2O3S/c27-24(21-10-5-2-6-11-21)26-16-7-12-20-13-14-22(18-23(20)26)25-30(28,29)17-15-19-8-3-1-4-9-19/h1-6,8-11,13-14,18,25H,7,12,15-17H2. The Labute approximate surface area is 177 Å². The summed E-state index contributed by atoms with van der Waals surface area (Å²) in [5, 5.41) is 0. The number of carbonyl (C=O) groups excluding carboxylic acids is 1. The summed E-state index contributed by atoms with van der Waals surface area (Å²) < 4.78 is 27.8. The number of carbonyl (C=O) groups is 1. The van der Waals surface area contributed by atoms with Gasteiger partial charge >= 0.3 is 0 Å². The van der Waals surface area contributed by atoms with Gasteiger partial charge in [-0.25, -0.2) is 8.42 Å². The normalized spacial score (nSPS) is 13.5. The first-order valence-electron chi connectivity index (χ1n) is 10.1. The van der Waals surface area contributed by atoms with Crippen LogP contribution in [0.2, 0.25) is 0 Å². The van der Waals surface area contributed by atoms with Crippen LogP contribution in [-0.4, -0.2) is 26.6 Å². The number of anilines is 2. The van der Waals surface area contributed by atoms with Crippen LogP contribution in [0.4, 0.5) is 11.4 Å². The molecule has 3 aromatic rings. The van der Waals surface area contributed by atoms with E-state index in [0.29, 0.717) is 24.2 Å². The Morgan fingerprint density at radius 3 is 2.37 bits per heavy atom. The highest BCUT2D eigenvalue weighted by Crippen LogP contribution is 2.31. The zero-order valence-corrected chi connectivity index (χ0v) is 17.4. The fourth-order valence-electron chi connectivity index (χ4n) is 3.71. The highest BCUT2D eigenvalue weighted by Gasteiger charge is 2.24. The number of hydrogen-bond donors (Lipinski definition) is 1. The number of fused-ring (bicyclic) bond motifs is 1. The highest BCUT2D eigenvalue weighted by atomic mass is 32.2. The van der Waals surface area contributed by atoms with E-state index in [1.165, 1.54) is 0 Å². The molecule has 0 aliphatic carbocycles. The monoisotopic (exact) mass is 420 g/mol. The van der Waals surface area contributed by atoms with E-state index in [0.717, 1.165) is 29.7 Å². The average Bonchev–Trinajstić information content (AvgIpc) is 2.78. The van der Waals surface area contributed by atoms with E-state index in [9.17, 15) is 13.2 Å². The molecule has 0 spiro atoms. The predicted octanol–water partition coefficient (Wildman–Crippen LogP) is 4.26. The Kier molecular flexibility index (Phi) is 5.86. The molecule has 0 atom stereocenters. The van der Waals surface area contributed by atoms with Gasteiger partial charge in [-0.2, -0.15) is 0 Å². The van der Waals surface area contributed by atoms with Gasteiger partial charge in [-0.3, -0.25) is 9.52 Å². The summed E-state index contributed by atoms with van der Waals surface area (Å²) in [6.45, 7) is 0.616. The van der Waals surface area contributed by atoms with Crippen molar-refractivity contribution in [3.63, 3.8) is 0 Å². The van der Waals surface area contributed by atoms with Crippen LogP contribution in [0.3, 0.4) is 0 Å². The molecule has 0 unspecified atom stereocenters.